The van der Waals surface area contributed by atoms with Crippen molar-refractivity contribution in [1.29, 1.82) is 0 Å². The lowest BCUT2D eigenvalue weighted by Crippen LogP contribution is -2.27. The molecule has 19 heavy (non-hydrogen) atoms. The van der Waals surface area contributed by atoms with Gasteiger partial charge in [-0.3, -0.25) is 4.79 Å². The van der Waals surface area contributed by atoms with Gasteiger partial charge in [-0.15, -0.1) is 0 Å². The number of hydrogen-bond donors (Lipinski definition) is 0. The van der Waals surface area contributed by atoms with Crippen LogP contribution in [0.5, 0.6) is 5.75 Å². The van der Waals surface area contributed by atoms with E-state index in [1.165, 1.54) is 5.56 Å². The van der Waals surface area contributed by atoms with E-state index in [-0.39, 0.29) is 5.78 Å². The van der Waals surface area contributed by atoms with Gasteiger partial charge in [-0.05, 0) is 43.6 Å². The minimum atomic E-state index is 0.260. The third-order valence-corrected chi connectivity index (χ3v) is 3.80. The normalized spacial score (nSPS) is 14.6. The summed E-state index contributed by atoms with van der Waals surface area (Å²) in [4.78, 5) is 14.2. The van der Waals surface area contributed by atoms with Crippen LogP contribution in [0.25, 0.3) is 0 Å². The summed E-state index contributed by atoms with van der Waals surface area (Å²) in [5, 5.41) is 0. The SMILES string of the molecule is CCN(CC)CCOc1ccc2c(c1)C(=O)CCC2. The zero-order valence-electron chi connectivity index (χ0n) is 11.9. The predicted octanol–water partition coefficient (Wildman–Crippen LogP) is 2.93. The van der Waals surface area contributed by atoms with Crippen molar-refractivity contribution in [3.63, 3.8) is 0 Å². The van der Waals surface area contributed by atoms with E-state index >= 15 is 0 Å². The molecular weight excluding hydrogens is 238 g/mol. The molecule has 0 saturated heterocycles. The van der Waals surface area contributed by atoms with Gasteiger partial charge in [0.2, 0.25) is 0 Å². The Balaban J connectivity index is 1.94. The molecule has 0 aliphatic heterocycles. The third kappa shape index (κ3) is 3.57. The van der Waals surface area contributed by atoms with Gasteiger partial charge in [0.05, 0.1) is 0 Å². The van der Waals surface area contributed by atoms with Crippen molar-refractivity contribution in [2.75, 3.05) is 26.2 Å². The summed E-state index contributed by atoms with van der Waals surface area (Å²) in [6.45, 7) is 8.00. The van der Waals surface area contributed by atoms with E-state index in [1.54, 1.807) is 0 Å². The van der Waals surface area contributed by atoms with Gasteiger partial charge in [-0.25, -0.2) is 0 Å². The molecule has 0 aromatic heterocycles. The van der Waals surface area contributed by atoms with E-state index in [4.69, 9.17) is 4.74 Å². The number of ketones is 1. The van der Waals surface area contributed by atoms with Crippen molar-refractivity contribution < 1.29 is 9.53 Å². The van der Waals surface area contributed by atoms with Crippen LogP contribution < -0.4 is 4.74 Å². The fraction of sp³-hybridized carbons (Fsp3) is 0.562. The Bertz CT molecular complexity index is 438. The number of aryl methyl sites for hydroxylation is 1. The molecule has 1 aromatic carbocycles. The fourth-order valence-electron chi connectivity index (χ4n) is 2.53. The second-order valence-corrected chi connectivity index (χ2v) is 4.97. The van der Waals surface area contributed by atoms with E-state index in [1.807, 2.05) is 18.2 Å². The molecule has 0 heterocycles. The molecule has 0 fully saturated rings. The van der Waals surface area contributed by atoms with Crippen LogP contribution in [0.4, 0.5) is 0 Å². The molecule has 0 radical (unpaired) electrons. The number of Topliss-reactive ketones (excluding diaryl/α,β-unsaturated/α-hetero) is 1. The van der Waals surface area contributed by atoms with Crippen molar-refractivity contribution in [1.82, 2.24) is 4.90 Å². The molecule has 3 nitrogen and oxygen atoms in total. The van der Waals surface area contributed by atoms with Crippen molar-refractivity contribution in [3.8, 4) is 5.75 Å². The monoisotopic (exact) mass is 261 g/mol. The van der Waals surface area contributed by atoms with Crippen LogP contribution >= 0.6 is 0 Å². The van der Waals surface area contributed by atoms with Crippen LogP contribution in [0, 0.1) is 0 Å². The number of benzene rings is 1. The molecule has 0 bridgehead atoms. The highest BCUT2D eigenvalue weighted by Gasteiger charge is 2.17. The summed E-state index contributed by atoms with van der Waals surface area (Å²) in [5.41, 5.74) is 2.04. The second kappa shape index (κ2) is 6.71. The molecule has 0 N–H and O–H groups in total. The van der Waals surface area contributed by atoms with Crippen LogP contribution in [0.3, 0.4) is 0 Å². The molecule has 1 aliphatic carbocycles. The number of likely N-dealkylation sites (N-methyl/N-ethyl adjacent to an activating group) is 1. The molecule has 1 aromatic rings. The first-order chi connectivity index (χ1) is 9.24. The maximum absolute atomic E-state index is 11.8. The summed E-state index contributed by atoms with van der Waals surface area (Å²) < 4.78 is 5.76. The summed E-state index contributed by atoms with van der Waals surface area (Å²) >= 11 is 0. The molecule has 2 rings (SSSR count). The topological polar surface area (TPSA) is 29.5 Å². The number of ether oxygens (including phenoxy) is 1. The molecule has 1 aliphatic rings. The van der Waals surface area contributed by atoms with Crippen LogP contribution in [0.15, 0.2) is 18.2 Å². The van der Waals surface area contributed by atoms with Gasteiger partial charge in [-0.1, -0.05) is 19.9 Å². The minimum Gasteiger partial charge on any atom is -0.492 e. The number of hydrogen-bond acceptors (Lipinski definition) is 3. The van der Waals surface area contributed by atoms with Crippen LogP contribution in [0.1, 0.15) is 42.6 Å². The molecular formula is C16H23NO2. The van der Waals surface area contributed by atoms with Crippen LogP contribution in [-0.2, 0) is 6.42 Å². The molecule has 0 saturated carbocycles. The Morgan fingerprint density at radius 3 is 2.74 bits per heavy atom. The lowest BCUT2D eigenvalue weighted by molar-refractivity contribution is 0.0972. The van der Waals surface area contributed by atoms with E-state index in [0.29, 0.717) is 13.0 Å². The van der Waals surface area contributed by atoms with E-state index in [9.17, 15) is 4.79 Å². The predicted molar refractivity (Wildman–Crippen MR) is 77.0 cm³/mol. The summed E-state index contributed by atoms with van der Waals surface area (Å²) in [5.74, 6) is 1.08. The Kier molecular flexibility index (Phi) is 4.97. The molecule has 0 atom stereocenters. The van der Waals surface area contributed by atoms with E-state index in [0.717, 1.165) is 43.8 Å². The molecule has 104 valence electrons. The lowest BCUT2D eigenvalue weighted by Gasteiger charge is -2.19. The number of nitrogens with zero attached hydrogens (tertiary/aromatic N) is 1. The van der Waals surface area contributed by atoms with Crippen LogP contribution in [0.2, 0.25) is 0 Å². The van der Waals surface area contributed by atoms with Gasteiger partial charge in [0.15, 0.2) is 5.78 Å². The summed E-state index contributed by atoms with van der Waals surface area (Å²) in [7, 11) is 0. The van der Waals surface area contributed by atoms with Gasteiger partial charge >= 0.3 is 0 Å². The molecule has 0 spiro atoms. The van der Waals surface area contributed by atoms with Gasteiger partial charge in [0.25, 0.3) is 0 Å². The summed E-state index contributed by atoms with van der Waals surface area (Å²) in [6, 6.07) is 5.94. The minimum absolute atomic E-state index is 0.260. The van der Waals surface area contributed by atoms with Gasteiger partial charge < -0.3 is 9.64 Å². The second-order valence-electron chi connectivity index (χ2n) is 4.97. The highest BCUT2D eigenvalue weighted by atomic mass is 16.5. The maximum atomic E-state index is 11.8. The number of rotatable bonds is 6. The van der Waals surface area contributed by atoms with Crippen molar-refractivity contribution in [3.05, 3.63) is 29.3 Å². The van der Waals surface area contributed by atoms with E-state index in [2.05, 4.69) is 18.7 Å². The smallest absolute Gasteiger partial charge is 0.163 e. The largest absolute Gasteiger partial charge is 0.492 e. The van der Waals surface area contributed by atoms with Gasteiger partial charge in [0, 0.05) is 18.5 Å². The molecule has 0 amide bonds. The highest BCUT2D eigenvalue weighted by Crippen LogP contribution is 2.25. The zero-order chi connectivity index (χ0) is 13.7. The van der Waals surface area contributed by atoms with Gasteiger partial charge in [-0.2, -0.15) is 0 Å². The maximum Gasteiger partial charge on any atom is 0.163 e. The fourth-order valence-corrected chi connectivity index (χ4v) is 2.53. The van der Waals surface area contributed by atoms with Crippen molar-refractivity contribution in [2.45, 2.75) is 33.1 Å². The average molecular weight is 261 g/mol. The number of carbonyl (C=O) groups is 1. The number of fused-ring (bicyclic) bond motifs is 1. The first-order valence-electron chi connectivity index (χ1n) is 7.25. The van der Waals surface area contributed by atoms with E-state index < -0.39 is 0 Å². The zero-order valence-corrected chi connectivity index (χ0v) is 11.9. The average Bonchev–Trinajstić information content (AvgIpc) is 2.44. The quantitative estimate of drug-likeness (QED) is 0.788. The van der Waals surface area contributed by atoms with Crippen LogP contribution in [-0.4, -0.2) is 36.9 Å². The summed E-state index contributed by atoms with van der Waals surface area (Å²) in [6.07, 6.45) is 2.67. The number of carbonyl (C=O) groups excluding carboxylic acids is 1. The first kappa shape index (κ1) is 14.1. The molecule has 0 unspecified atom stereocenters. The highest BCUT2D eigenvalue weighted by molar-refractivity contribution is 5.98. The third-order valence-electron chi connectivity index (χ3n) is 3.80. The van der Waals surface area contributed by atoms with Crippen molar-refractivity contribution >= 4 is 5.78 Å². The standard InChI is InChI=1S/C16H23NO2/c1-3-17(4-2)10-11-19-14-9-8-13-6-5-7-16(18)15(13)12-14/h8-9,12H,3-7,10-11H2,1-2H3. The lowest BCUT2D eigenvalue weighted by atomic mass is 9.90. The van der Waals surface area contributed by atoms with Crippen molar-refractivity contribution in [2.24, 2.45) is 0 Å². The first-order valence-corrected chi connectivity index (χ1v) is 7.25. The Hall–Kier alpha value is -1.35. The Morgan fingerprint density at radius 2 is 2.00 bits per heavy atom. The van der Waals surface area contributed by atoms with Gasteiger partial charge in [0.1, 0.15) is 12.4 Å². The molecule has 3 heteroatoms. The Morgan fingerprint density at radius 1 is 1.21 bits per heavy atom. The Labute approximate surface area is 115 Å².